The Labute approximate surface area is 118 Å². The van der Waals surface area contributed by atoms with Crippen molar-refractivity contribution in [2.75, 3.05) is 0 Å². The normalized spacial score (nSPS) is 26.2. The molecule has 0 aliphatic heterocycles. The fourth-order valence-electron chi connectivity index (χ4n) is 3.27. The molecule has 1 heterocycles. The summed E-state index contributed by atoms with van der Waals surface area (Å²) in [4.78, 5) is 15.0. The average Bonchev–Trinajstić information content (AvgIpc) is 2.97. The van der Waals surface area contributed by atoms with Crippen molar-refractivity contribution < 1.29 is 4.79 Å². The van der Waals surface area contributed by atoms with Crippen LogP contribution in [0.1, 0.15) is 47.4 Å². The highest BCUT2D eigenvalue weighted by atomic mass is 32.1. The minimum atomic E-state index is 0.0283. The van der Waals surface area contributed by atoms with Crippen LogP contribution in [0.25, 0.3) is 0 Å². The third-order valence-corrected chi connectivity index (χ3v) is 5.63. The highest BCUT2D eigenvalue weighted by Gasteiger charge is 2.28. The maximum absolute atomic E-state index is 12.2. The van der Waals surface area contributed by atoms with Gasteiger partial charge in [-0.25, -0.2) is 0 Å². The first-order valence-electron chi connectivity index (χ1n) is 7.38. The molecule has 3 nitrogen and oxygen atoms in total. The van der Waals surface area contributed by atoms with E-state index in [0.29, 0.717) is 6.54 Å². The molecule has 19 heavy (non-hydrogen) atoms. The predicted octanol–water partition coefficient (Wildman–Crippen LogP) is 2.37. The average molecular weight is 278 g/mol. The Morgan fingerprint density at radius 3 is 2.95 bits per heavy atom. The molecular weight excluding hydrogens is 256 g/mol. The summed E-state index contributed by atoms with van der Waals surface area (Å²) >= 11 is 1.87. The van der Waals surface area contributed by atoms with Crippen molar-refractivity contribution in [1.82, 2.24) is 5.32 Å². The van der Waals surface area contributed by atoms with E-state index in [2.05, 4.69) is 11.4 Å². The molecular formula is C15H22N2OS. The standard InChI is InChI=1S/C15H22N2OS/c16-13-6-2-1-5-12(13)15(18)17-9-11-8-10-4-3-7-14(10)19-11/h8,12-13H,1-7,9,16H2,(H,17,18). The van der Waals surface area contributed by atoms with E-state index in [0.717, 1.165) is 19.3 Å². The molecule has 2 atom stereocenters. The van der Waals surface area contributed by atoms with Crippen molar-refractivity contribution in [3.8, 4) is 0 Å². The Balaban J connectivity index is 1.54. The molecule has 1 aromatic heterocycles. The summed E-state index contributed by atoms with van der Waals surface area (Å²) in [5.41, 5.74) is 7.55. The first-order valence-corrected chi connectivity index (χ1v) is 8.19. The number of thiophene rings is 1. The number of rotatable bonds is 3. The third-order valence-electron chi connectivity index (χ3n) is 4.39. The van der Waals surface area contributed by atoms with Gasteiger partial charge in [0.2, 0.25) is 5.91 Å². The van der Waals surface area contributed by atoms with Gasteiger partial charge in [-0.2, -0.15) is 0 Å². The first-order chi connectivity index (χ1) is 9.24. The van der Waals surface area contributed by atoms with Gasteiger partial charge in [0.05, 0.1) is 12.5 Å². The molecule has 1 aromatic rings. The molecule has 0 bridgehead atoms. The minimum absolute atomic E-state index is 0.0283. The lowest BCUT2D eigenvalue weighted by molar-refractivity contribution is -0.126. The van der Waals surface area contributed by atoms with Crippen molar-refractivity contribution >= 4 is 17.2 Å². The van der Waals surface area contributed by atoms with Crippen LogP contribution < -0.4 is 11.1 Å². The molecule has 2 aliphatic carbocycles. The van der Waals surface area contributed by atoms with Gasteiger partial charge < -0.3 is 11.1 Å². The van der Waals surface area contributed by atoms with Gasteiger partial charge in [0.1, 0.15) is 0 Å². The van der Waals surface area contributed by atoms with Crippen LogP contribution in [0.4, 0.5) is 0 Å². The second-order valence-corrected chi connectivity index (χ2v) is 7.01. The molecule has 3 N–H and O–H groups in total. The van der Waals surface area contributed by atoms with Crippen molar-refractivity contribution in [2.24, 2.45) is 11.7 Å². The number of fused-ring (bicyclic) bond motifs is 1. The Morgan fingerprint density at radius 1 is 1.32 bits per heavy atom. The summed E-state index contributed by atoms with van der Waals surface area (Å²) in [6.07, 6.45) is 7.99. The molecule has 4 heteroatoms. The fraction of sp³-hybridized carbons (Fsp3) is 0.667. The van der Waals surface area contributed by atoms with Gasteiger partial charge >= 0.3 is 0 Å². The zero-order valence-electron chi connectivity index (χ0n) is 11.3. The number of nitrogens with one attached hydrogen (secondary N) is 1. The number of hydrogen-bond donors (Lipinski definition) is 2. The minimum Gasteiger partial charge on any atom is -0.351 e. The second kappa shape index (κ2) is 5.63. The van der Waals surface area contributed by atoms with Crippen molar-refractivity contribution in [3.63, 3.8) is 0 Å². The van der Waals surface area contributed by atoms with Crippen LogP contribution in [-0.4, -0.2) is 11.9 Å². The first kappa shape index (κ1) is 13.1. The Hall–Kier alpha value is -0.870. The number of aryl methyl sites for hydroxylation is 2. The highest BCUT2D eigenvalue weighted by molar-refractivity contribution is 7.12. The molecule has 1 amide bonds. The summed E-state index contributed by atoms with van der Waals surface area (Å²) in [6, 6.07) is 2.33. The van der Waals surface area contributed by atoms with E-state index in [4.69, 9.17) is 5.73 Å². The Bertz CT molecular complexity index is 447. The van der Waals surface area contributed by atoms with Crippen LogP contribution in [0.15, 0.2) is 6.07 Å². The van der Waals surface area contributed by atoms with E-state index in [1.54, 1.807) is 0 Å². The van der Waals surface area contributed by atoms with Crippen LogP contribution in [-0.2, 0) is 24.2 Å². The zero-order chi connectivity index (χ0) is 13.2. The number of hydrogen-bond acceptors (Lipinski definition) is 3. The summed E-state index contributed by atoms with van der Waals surface area (Å²) in [7, 11) is 0. The van der Waals surface area contributed by atoms with E-state index in [1.807, 2.05) is 11.3 Å². The van der Waals surface area contributed by atoms with Crippen LogP contribution >= 0.6 is 11.3 Å². The molecule has 2 aliphatic rings. The predicted molar refractivity (Wildman–Crippen MR) is 78.1 cm³/mol. The van der Waals surface area contributed by atoms with Crippen LogP contribution in [0, 0.1) is 5.92 Å². The van der Waals surface area contributed by atoms with E-state index in [1.165, 1.54) is 41.0 Å². The summed E-state index contributed by atoms with van der Waals surface area (Å²) in [6.45, 7) is 0.680. The third kappa shape index (κ3) is 2.84. The van der Waals surface area contributed by atoms with Crippen molar-refractivity contribution in [2.45, 2.75) is 57.5 Å². The lowest BCUT2D eigenvalue weighted by atomic mass is 9.84. The number of amides is 1. The Morgan fingerprint density at radius 2 is 2.16 bits per heavy atom. The fourth-order valence-corrected chi connectivity index (χ4v) is 4.47. The quantitative estimate of drug-likeness (QED) is 0.892. The van der Waals surface area contributed by atoms with Gasteiger partial charge in [-0.1, -0.05) is 12.8 Å². The van der Waals surface area contributed by atoms with Crippen LogP contribution in [0.3, 0.4) is 0 Å². The van der Waals surface area contributed by atoms with Gasteiger partial charge in [-0.15, -0.1) is 11.3 Å². The molecule has 0 radical (unpaired) electrons. The van der Waals surface area contributed by atoms with Crippen LogP contribution in [0.5, 0.6) is 0 Å². The number of carbonyl (C=O) groups is 1. The molecule has 3 rings (SSSR count). The smallest absolute Gasteiger partial charge is 0.224 e. The van der Waals surface area contributed by atoms with Crippen LogP contribution in [0.2, 0.25) is 0 Å². The van der Waals surface area contributed by atoms with Gasteiger partial charge in [0.25, 0.3) is 0 Å². The summed E-state index contributed by atoms with van der Waals surface area (Å²) in [5, 5.41) is 3.08. The van der Waals surface area contributed by atoms with Gasteiger partial charge in [-0.05, 0) is 43.7 Å². The Kier molecular flexibility index (Phi) is 3.89. The SMILES string of the molecule is NC1CCCCC1C(=O)NCc1cc2c(s1)CCC2. The largest absolute Gasteiger partial charge is 0.351 e. The molecule has 0 spiro atoms. The maximum atomic E-state index is 12.2. The zero-order valence-corrected chi connectivity index (χ0v) is 12.1. The molecule has 2 unspecified atom stereocenters. The lowest BCUT2D eigenvalue weighted by Crippen LogP contribution is -2.43. The van der Waals surface area contributed by atoms with Gasteiger partial charge in [0, 0.05) is 15.8 Å². The lowest BCUT2D eigenvalue weighted by Gasteiger charge is -2.27. The summed E-state index contributed by atoms with van der Waals surface area (Å²) in [5.74, 6) is 0.182. The summed E-state index contributed by atoms with van der Waals surface area (Å²) < 4.78 is 0. The molecule has 0 aromatic carbocycles. The van der Waals surface area contributed by atoms with Gasteiger partial charge in [0.15, 0.2) is 0 Å². The second-order valence-electron chi connectivity index (χ2n) is 5.79. The van der Waals surface area contributed by atoms with Crippen molar-refractivity contribution in [3.05, 3.63) is 21.4 Å². The number of carbonyl (C=O) groups excluding carboxylic acids is 1. The highest BCUT2D eigenvalue weighted by Crippen LogP contribution is 2.30. The van der Waals surface area contributed by atoms with Gasteiger partial charge in [-0.3, -0.25) is 4.79 Å². The molecule has 1 saturated carbocycles. The maximum Gasteiger partial charge on any atom is 0.224 e. The van der Waals surface area contributed by atoms with E-state index < -0.39 is 0 Å². The van der Waals surface area contributed by atoms with E-state index in [9.17, 15) is 4.79 Å². The molecule has 1 fully saturated rings. The molecule has 104 valence electrons. The van der Waals surface area contributed by atoms with E-state index >= 15 is 0 Å². The topological polar surface area (TPSA) is 55.1 Å². The van der Waals surface area contributed by atoms with E-state index in [-0.39, 0.29) is 17.9 Å². The monoisotopic (exact) mass is 278 g/mol. The molecule has 0 saturated heterocycles. The van der Waals surface area contributed by atoms with Crippen molar-refractivity contribution in [1.29, 1.82) is 0 Å². The number of nitrogens with two attached hydrogens (primary N) is 1.